The summed E-state index contributed by atoms with van der Waals surface area (Å²) in [4.78, 5) is 25.4. The second-order valence-electron chi connectivity index (χ2n) is 7.17. The van der Waals surface area contributed by atoms with Gasteiger partial charge in [0.1, 0.15) is 0 Å². The smallest absolute Gasteiger partial charge is 0.253 e. The molecule has 1 aliphatic rings. The fourth-order valence-corrected chi connectivity index (χ4v) is 3.68. The van der Waals surface area contributed by atoms with Crippen LogP contribution in [-0.2, 0) is 0 Å². The van der Waals surface area contributed by atoms with E-state index in [1.54, 1.807) is 18.5 Å². The Balaban J connectivity index is 1.65. The molecular formula is C18H24N4O2S. The van der Waals surface area contributed by atoms with Gasteiger partial charge in [0.25, 0.3) is 5.91 Å². The maximum absolute atomic E-state index is 12.5. The third-order valence-electron chi connectivity index (χ3n) is 4.92. The number of aromatic nitrogens is 3. The van der Waals surface area contributed by atoms with Crippen LogP contribution in [0, 0.1) is 5.92 Å². The van der Waals surface area contributed by atoms with Crippen molar-refractivity contribution in [3.8, 4) is 0 Å². The summed E-state index contributed by atoms with van der Waals surface area (Å²) in [6, 6.07) is 1.93. The van der Waals surface area contributed by atoms with E-state index in [2.05, 4.69) is 20.3 Å². The largest absolute Gasteiger partial charge is 0.390 e. The van der Waals surface area contributed by atoms with Crippen molar-refractivity contribution in [1.82, 2.24) is 20.3 Å². The number of pyridine rings is 1. The van der Waals surface area contributed by atoms with Gasteiger partial charge in [0.2, 0.25) is 0 Å². The molecule has 2 heterocycles. The first kappa shape index (κ1) is 18.1. The minimum Gasteiger partial charge on any atom is -0.390 e. The quantitative estimate of drug-likeness (QED) is 0.644. The number of amides is 1. The summed E-state index contributed by atoms with van der Waals surface area (Å²) in [6.45, 7) is 3.73. The molecule has 1 fully saturated rings. The highest BCUT2D eigenvalue weighted by atomic mass is 32.2. The Morgan fingerprint density at radius 1 is 1.24 bits per heavy atom. The van der Waals surface area contributed by atoms with Gasteiger partial charge in [-0.1, -0.05) is 11.8 Å². The molecule has 0 aromatic carbocycles. The van der Waals surface area contributed by atoms with Gasteiger partial charge in [0, 0.05) is 23.8 Å². The van der Waals surface area contributed by atoms with Crippen LogP contribution < -0.4 is 5.32 Å². The zero-order chi connectivity index (χ0) is 18.0. The fraction of sp³-hybridized carbons (Fsp3) is 0.556. The minimum absolute atomic E-state index is 0.116. The molecule has 0 saturated heterocycles. The third kappa shape index (κ3) is 4.27. The molecule has 0 bridgehead atoms. The van der Waals surface area contributed by atoms with Crippen molar-refractivity contribution in [3.63, 3.8) is 0 Å². The molecule has 7 heteroatoms. The van der Waals surface area contributed by atoms with Gasteiger partial charge in [-0.2, -0.15) is 0 Å². The SMILES string of the molecule is CSc1ncc2cc(C(=O)NC3CCC(C(C)(C)O)CC3)cnc2n1. The van der Waals surface area contributed by atoms with Crippen molar-refractivity contribution in [2.45, 2.75) is 56.3 Å². The molecule has 3 rings (SSSR count). The fourth-order valence-electron chi connectivity index (χ4n) is 3.34. The number of rotatable bonds is 4. The lowest BCUT2D eigenvalue weighted by molar-refractivity contribution is -0.00257. The summed E-state index contributed by atoms with van der Waals surface area (Å²) in [5, 5.41) is 14.6. The number of fused-ring (bicyclic) bond motifs is 1. The van der Waals surface area contributed by atoms with Crippen LogP contribution in [0.1, 0.15) is 49.9 Å². The molecule has 0 unspecified atom stereocenters. The minimum atomic E-state index is -0.646. The third-order valence-corrected chi connectivity index (χ3v) is 5.48. The highest BCUT2D eigenvalue weighted by molar-refractivity contribution is 7.98. The molecule has 1 amide bonds. The van der Waals surface area contributed by atoms with Crippen LogP contribution >= 0.6 is 11.8 Å². The first-order valence-electron chi connectivity index (χ1n) is 8.57. The molecule has 1 saturated carbocycles. The molecule has 25 heavy (non-hydrogen) atoms. The Labute approximate surface area is 151 Å². The van der Waals surface area contributed by atoms with Gasteiger partial charge in [-0.15, -0.1) is 0 Å². The Morgan fingerprint density at radius 2 is 1.96 bits per heavy atom. The number of carbonyl (C=O) groups is 1. The monoisotopic (exact) mass is 360 g/mol. The summed E-state index contributed by atoms with van der Waals surface area (Å²) in [6.07, 6.45) is 8.81. The molecule has 134 valence electrons. The van der Waals surface area contributed by atoms with Crippen molar-refractivity contribution >= 4 is 28.7 Å². The Hall–Kier alpha value is -1.73. The van der Waals surface area contributed by atoms with Crippen molar-refractivity contribution in [2.24, 2.45) is 5.92 Å². The van der Waals surface area contributed by atoms with Gasteiger partial charge >= 0.3 is 0 Å². The van der Waals surface area contributed by atoms with E-state index in [1.165, 1.54) is 11.8 Å². The van der Waals surface area contributed by atoms with E-state index in [4.69, 9.17) is 0 Å². The predicted octanol–water partition coefficient (Wildman–Crippen LogP) is 2.81. The number of hydrogen-bond acceptors (Lipinski definition) is 6. The van der Waals surface area contributed by atoms with Gasteiger partial charge < -0.3 is 10.4 Å². The van der Waals surface area contributed by atoms with Crippen molar-refractivity contribution in [3.05, 3.63) is 24.0 Å². The molecular weight excluding hydrogens is 336 g/mol. The summed E-state index contributed by atoms with van der Waals surface area (Å²) < 4.78 is 0. The van der Waals surface area contributed by atoms with Crippen LogP contribution in [0.15, 0.2) is 23.6 Å². The van der Waals surface area contributed by atoms with Crippen molar-refractivity contribution in [2.75, 3.05) is 6.26 Å². The first-order valence-corrected chi connectivity index (χ1v) is 9.79. The lowest BCUT2D eigenvalue weighted by Gasteiger charge is -2.36. The number of nitrogens with one attached hydrogen (secondary N) is 1. The number of thioether (sulfide) groups is 1. The van der Waals surface area contributed by atoms with E-state index in [1.807, 2.05) is 20.1 Å². The number of hydrogen-bond donors (Lipinski definition) is 2. The van der Waals surface area contributed by atoms with Crippen LogP contribution in [0.4, 0.5) is 0 Å². The maximum Gasteiger partial charge on any atom is 0.253 e. The zero-order valence-electron chi connectivity index (χ0n) is 14.8. The topological polar surface area (TPSA) is 88.0 Å². The van der Waals surface area contributed by atoms with Crippen molar-refractivity contribution in [1.29, 1.82) is 0 Å². The van der Waals surface area contributed by atoms with Gasteiger partial charge in [-0.25, -0.2) is 15.0 Å². The first-order chi connectivity index (χ1) is 11.9. The van der Waals surface area contributed by atoms with Crippen LogP contribution in [0.2, 0.25) is 0 Å². The van der Waals surface area contributed by atoms with Gasteiger partial charge in [0.15, 0.2) is 10.8 Å². The lowest BCUT2D eigenvalue weighted by atomic mass is 9.77. The van der Waals surface area contributed by atoms with E-state index >= 15 is 0 Å². The van der Waals surface area contributed by atoms with Crippen LogP contribution in [0.3, 0.4) is 0 Å². The normalized spacial score (nSPS) is 21.3. The molecule has 0 radical (unpaired) electrons. The van der Waals surface area contributed by atoms with E-state index in [9.17, 15) is 9.90 Å². The van der Waals surface area contributed by atoms with Gasteiger partial charge in [-0.05, 0) is 57.8 Å². The van der Waals surface area contributed by atoms with Crippen LogP contribution in [-0.4, -0.2) is 43.9 Å². The molecule has 0 aliphatic heterocycles. The highest BCUT2D eigenvalue weighted by Crippen LogP contribution is 2.32. The average Bonchev–Trinajstić information content (AvgIpc) is 2.60. The average molecular weight is 360 g/mol. The van der Waals surface area contributed by atoms with E-state index in [-0.39, 0.29) is 11.9 Å². The molecule has 0 spiro atoms. The summed E-state index contributed by atoms with van der Waals surface area (Å²) in [5.74, 6) is 0.181. The second kappa shape index (κ2) is 7.25. The Bertz CT molecular complexity index is 767. The predicted molar refractivity (Wildman–Crippen MR) is 98.6 cm³/mol. The summed E-state index contributed by atoms with van der Waals surface area (Å²) in [7, 11) is 0. The molecule has 1 aliphatic carbocycles. The standard InChI is InChI=1S/C18H24N4O2S/c1-18(2,24)13-4-6-14(7-5-13)21-16(23)12-8-11-9-20-17(25-3)22-15(11)19-10-12/h8-10,13-14,24H,4-7H2,1-3H3,(H,21,23). The molecule has 2 N–H and O–H groups in total. The summed E-state index contributed by atoms with van der Waals surface area (Å²) in [5.41, 5.74) is 0.478. The zero-order valence-corrected chi connectivity index (χ0v) is 15.6. The van der Waals surface area contributed by atoms with E-state index in [0.717, 1.165) is 31.1 Å². The van der Waals surface area contributed by atoms with Crippen LogP contribution in [0.5, 0.6) is 0 Å². The molecule has 0 atom stereocenters. The van der Waals surface area contributed by atoms with Crippen molar-refractivity contribution < 1.29 is 9.90 Å². The summed E-state index contributed by atoms with van der Waals surface area (Å²) >= 11 is 1.46. The molecule has 6 nitrogen and oxygen atoms in total. The van der Waals surface area contributed by atoms with Gasteiger partial charge in [0.05, 0.1) is 11.2 Å². The number of carbonyl (C=O) groups excluding carboxylic acids is 1. The molecule has 2 aromatic heterocycles. The maximum atomic E-state index is 12.5. The Morgan fingerprint density at radius 3 is 2.60 bits per heavy atom. The van der Waals surface area contributed by atoms with E-state index in [0.29, 0.717) is 22.3 Å². The van der Waals surface area contributed by atoms with E-state index < -0.39 is 5.60 Å². The van der Waals surface area contributed by atoms with Crippen LogP contribution in [0.25, 0.3) is 11.0 Å². The highest BCUT2D eigenvalue weighted by Gasteiger charge is 2.31. The molecule has 2 aromatic rings. The Kier molecular flexibility index (Phi) is 5.24. The lowest BCUT2D eigenvalue weighted by Crippen LogP contribution is -2.41. The number of nitrogens with zero attached hydrogens (tertiary/aromatic N) is 3. The van der Waals surface area contributed by atoms with Gasteiger partial charge in [-0.3, -0.25) is 4.79 Å². The number of aliphatic hydroxyl groups is 1. The second-order valence-corrected chi connectivity index (χ2v) is 7.94.